The quantitative estimate of drug-likeness (QED) is 0.175. The van der Waals surface area contributed by atoms with Gasteiger partial charge in [-0.15, -0.1) is 0 Å². The third kappa shape index (κ3) is 8.31. The second-order valence-corrected chi connectivity index (χ2v) is 11.3. The minimum absolute atomic E-state index is 0.00416. The number of para-hydroxylation sites is 1. The number of phenols is 1. The van der Waals surface area contributed by atoms with Gasteiger partial charge < -0.3 is 24.6 Å². The van der Waals surface area contributed by atoms with Crippen molar-refractivity contribution in [3.8, 4) is 5.75 Å². The first-order valence-corrected chi connectivity index (χ1v) is 15.7. The maximum absolute atomic E-state index is 11.0. The number of phenolic OH excluding ortho intramolecular Hbond substituents is 1. The zero-order valence-electron chi connectivity index (χ0n) is 26.1. The van der Waals surface area contributed by atoms with Gasteiger partial charge in [0.2, 0.25) is 0 Å². The zero-order valence-corrected chi connectivity index (χ0v) is 26.1. The average molecular weight is 586 g/mol. The van der Waals surface area contributed by atoms with E-state index in [-0.39, 0.29) is 19.0 Å². The fraction of sp³-hybridized carbons (Fsp3) is 0.444. The number of rotatable bonds is 16. The maximum atomic E-state index is 11.0. The molecule has 7 heteroatoms. The monoisotopic (exact) mass is 585 g/mol. The van der Waals surface area contributed by atoms with Crippen LogP contribution in [0.3, 0.4) is 0 Å². The van der Waals surface area contributed by atoms with Crippen LogP contribution in [-0.4, -0.2) is 59.3 Å². The highest BCUT2D eigenvalue weighted by Crippen LogP contribution is 2.39. The van der Waals surface area contributed by atoms with E-state index in [1.807, 2.05) is 43.3 Å². The van der Waals surface area contributed by atoms with Gasteiger partial charge >= 0.3 is 0 Å². The van der Waals surface area contributed by atoms with Gasteiger partial charge in [-0.25, -0.2) is 9.98 Å². The van der Waals surface area contributed by atoms with Crippen molar-refractivity contribution in [3.05, 3.63) is 101 Å². The topological polar surface area (TPSA) is 86.9 Å². The van der Waals surface area contributed by atoms with E-state index < -0.39 is 12.0 Å². The van der Waals surface area contributed by atoms with Gasteiger partial charge in [-0.05, 0) is 38.8 Å². The number of benzene rings is 3. The van der Waals surface area contributed by atoms with Gasteiger partial charge in [-0.3, -0.25) is 0 Å². The van der Waals surface area contributed by atoms with Crippen molar-refractivity contribution in [1.82, 2.24) is 4.90 Å². The Balaban J connectivity index is 1.87. The lowest BCUT2D eigenvalue weighted by Crippen LogP contribution is -2.54. The van der Waals surface area contributed by atoms with Crippen LogP contribution in [0.25, 0.3) is 0 Å². The summed E-state index contributed by atoms with van der Waals surface area (Å²) in [7, 11) is 0. The van der Waals surface area contributed by atoms with Crippen molar-refractivity contribution in [3.63, 3.8) is 0 Å². The molecule has 0 amide bonds. The normalized spacial score (nSPS) is 17.5. The van der Waals surface area contributed by atoms with Crippen LogP contribution in [0.1, 0.15) is 80.2 Å². The Morgan fingerprint density at radius 3 is 2.16 bits per heavy atom. The minimum Gasteiger partial charge on any atom is -0.507 e. The molecule has 0 saturated heterocycles. The lowest BCUT2D eigenvalue weighted by molar-refractivity contribution is -0.157. The summed E-state index contributed by atoms with van der Waals surface area (Å²) in [6.07, 6.45) is 5.36. The predicted octanol–water partition coefficient (Wildman–Crippen LogP) is 7.10. The molecule has 0 aromatic heterocycles. The van der Waals surface area contributed by atoms with Gasteiger partial charge in [0, 0.05) is 24.3 Å². The van der Waals surface area contributed by atoms with Gasteiger partial charge in [0.25, 0.3) is 5.85 Å². The highest BCUT2D eigenvalue weighted by molar-refractivity contribution is 6.14. The fourth-order valence-electron chi connectivity index (χ4n) is 5.10. The third-order valence-electron chi connectivity index (χ3n) is 7.64. The van der Waals surface area contributed by atoms with E-state index in [1.165, 1.54) is 0 Å². The Hall–Kier alpha value is -3.52. The van der Waals surface area contributed by atoms with Crippen molar-refractivity contribution < 1.29 is 19.7 Å². The number of aliphatic hydroxyl groups excluding tert-OH is 1. The molecule has 0 fully saturated rings. The third-order valence-corrected chi connectivity index (χ3v) is 7.64. The van der Waals surface area contributed by atoms with Crippen LogP contribution in [0.15, 0.2) is 82.8 Å². The lowest BCUT2D eigenvalue weighted by atomic mass is 10.0. The fourth-order valence-corrected chi connectivity index (χ4v) is 5.10. The molecule has 3 aromatic rings. The number of ether oxygens (including phenoxy) is 2. The van der Waals surface area contributed by atoms with Crippen LogP contribution < -0.4 is 0 Å². The molecule has 1 heterocycles. The first-order valence-electron chi connectivity index (χ1n) is 15.7. The molecule has 1 aliphatic heterocycles. The number of aliphatic imine (C=N–C) groups is 2. The van der Waals surface area contributed by atoms with E-state index in [0.717, 1.165) is 60.8 Å². The lowest BCUT2D eigenvalue weighted by Gasteiger charge is -2.45. The summed E-state index contributed by atoms with van der Waals surface area (Å²) in [6.45, 7) is 9.84. The van der Waals surface area contributed by atoms with Crippen LogP contribution in [0.5, 0.6) is 5.75 Å². The van der Waals surface area contributed by atoms with Crippen molar-refractivity contribution in [2.45, 2.75) is 78.2 Å². The molecule has 230 valence electrons. The smallest absolute Gasteiger partial charge is 0.270 e. The molecule has 1 aliphatic rings. The Morgan fingerprint density at radius 2 is 1.49 bits per heavy atom. The standard InChI is InChI=1S/C36H47N3O4/c1-5-7-9-12-23-39-35(29-19-15-27(3)16-20-29)37-34(32-13-10-11-14-33(32)41)38-36(39,30-21-17-28(4)18-22-30)43-26-31(40)25-42-24-8-6-2/h10-11,13-22,31,40-41H,5-9,12,23-26H2,1-4H3. The number of aryl methyl sites for hydroxylation is 2. The van der Waals surface area contributed by atoms with Crippen LogP contribution in [-0.2, 0) is 15.3 Å². The predicted molar refractivity (Wildman–Crippen MR) is 174 cm³/mol. The van der Waals surface area contributed by atoms with Crippen molar-refractivity contribution in [2.24, 2.45) is 9.98 Å². The molecular weight excluding hydrogens is 538 g/mol. The van der Waals surface area contributed by atoms with E-state index in [4.69, 9.17) is 19.5 Å². The summed E-state index contributed by atoms with van der Waals surface area (Å²) >= 11 is 0. The number of unbranched alkanes of at least 4 members (excludes halogenated alkanes) is 4. The second kappa shape index (κ2) is 15.8. The van der Waals surface area contributed by atoms with E-state index in [1.54, 1.807) is 12.1 Å². The first-order chi connectivity index (χ1) is 20.9. The van der Waals surface area contributed by atoms with Gasteiger partial charge in [-0.1, -0.05) is 111 Å². The van der Waals surface area contributed by atoms with Gasteiger partial charge in [0.1, 0.15) is 17.7 Å². The summed E-state index contributed by atoms with van der Waals surface area (Å²) in [5, 5.41) is 21.9. The Morgan fingerprint density at radius 1 is 0.814 bits per heavy atom. The molecule has 4 rings (SSSR count). The number of nitrogens with zero attached hydrogens (tertiary/aromatic N) is 3. The summed E-state index contributed by atoms with van der Waals surface area (Å²) in [5.74, 6) is -0.178. The van der Waals surface area contributed by atoms with Crippen molar-refractivity contribution in [2.75, 3.05) is 26.4 Å². The highest BCUT2D eigenvalue weighted by Gasteiger charge is 2.45. The summed E-state index contributed by atoms with van der Waals surface area (Å²) in [4.78, 5) is 12.4. The van der Waals surface area contributed by atoms with Gasteiger partial charge in [0.15, 0.2) is 5.84 Å². The van der Waals surface area contributed by atoms with Crippen LogP contribution in [0, 0.1) is 13.8 Å². The molecule has 0 saturated carbocycles. The summed E-state index contributed by atoms with van der Waals surface area (Å²) in [6, 6.07) is 23.5. The van der Waals surface area contributed by atoms with Crippen LogP contribution in [0.2, 0.25) is 0 Å². The summed E-state index contributed by atoms with van der Waals surface area (Å²) in [5.41, 5.74) is 4.52. The Bertz CT molecular complexity index is 1350. The average Bonchev–Trinajstić information content (AvgIpc) is 3.01. The molecule has 2 unspecified atom stereocenters. The van der Waals surface area contributed by atoms with Crippen molar-refractivity contribution >= 4 is 11.7 Å². The molecule has 2 atom stereocenters. The van der Waals surface area contributed by atoms with E-state index in [0.29, 0.717) is 30.4 Å². The Kier molecular flexibility index (Phi) is 11.9. The molecule has 43 heavy (non-hydrogen) atoms. The number of hydrogen-bond acceptors (Lipinski definition) is 7. The second-order valence-electron chi connectivity index (χ2n) is 11.3. The molecule has 0 radical (unpaired) electrons. The molecule has 0 spiro atoms. The SMILES string of the molecule is CCCCCCN1C(c2ccc(C)cc2)=NC(c2ccccc2O)=NC1(OCC(O)COCCCC)c1ccc(C)cc1. The number of aliphatic hydroxyl groups is 1. The van der Waals surface area contributed by atoms with Crippen LogP contribution in [0.4, 0.5) is 0 Å². The van der Waals surface area contributed by atoms with Crippen molar-refractivity contribution in [1.29, 1.82) is 0 Å². The molecular formula is C36H47N3O4. The Labute approximate surface area is 256 Å². The number of aromatic hydroxyl groups is 1. The largest absolute Gasteiger partial charge is 0.507 e. The molecule has 0 aliphatic carbocycles. The van der Waals surface area contributed by atoms with E-state index >= 15 is 0 Å². The molecule has 0 bridgehead atoms. The molecule has 2 N–H and O–H groups in total. The minimum atomic E-state index is -1.34. The number of hydrogen-bond donors (Lipinski definition) is 2. The maximum Gasteiger partial charge on any atom is 0.270 e. The molecule has 3 aromatic carbocycles. The van der Waals surface area contributed by atoms with Crippen LogP contribution >= 0.6 is 0 Å². The van der Waals surface area contributed by atoms with Gasteiger partial charge in [-0.2, -0.15) is 0 Å². The van der Waals surface area contributed by atoms with E-state index in [9.17, 15) is 10.2 Å². The van der Waals surface area contributed by atoms with E-state index in [2.05, 4.69) is 49.9 Å². The summed E-state index contributed by atoms with van der Waals surface area (Å²) < 4.78 is 12.5. The first kappa shape index (κ1) is 32.4. The zero-order chi connectivity index (χ0) is 30.7. The van der Waals surface area contributed by atoms with Gasteiger partial charge in [0.05, 0.1) is 18.8 Å². The highest BCUT2D eigenvalue weighted by atomic mass is 16.5. The number of amidine groups is 2. The molecule has 7 nitrogen and oxygen atoms in total.